The van der Waals surface area contributed by atoms with Gasteiger partial charge in [0.1, 0.15) is 12.4 Å². The van der Waals surface area contributed by atoms with Crippen molar-refractivity contribution in [3.63, 3.8) is 0 Å². The molecular formula is C24H27N3O3. The van der Waals surface area contributed by atoms with E-state index >= 15 is 0 Å². The predicted molar refractivity (Wildman–Crippen MR) is 116 cm³/mol. The number of para-hydroxylation sites is 1. The van der Waals surface area contributed by atoms with E-state index in [0.29, 0.717) is 6.54 Å². The van der Waals surface area contributed by atoms with Gasteiger partial charge in [0.25, 0.3) is 0 Å². The number of hydrogen-bond donors (Lipinski definition) is 1. The average Bonchev–Trinajstić information content (AvgIpc) is 3.34. The molecule has 156 valence electrons. The third-order valence-electron chi connectivity index (χ3n) is 5.40. The monoisotopic (exact) mass is 405 g/mol. The predicted octanol–water partition coefficient (Wildman–Crippen LogP) is 4.07. The number of nitrogens with one attached hydrogen (secondary N) is 1. The number of rotatable bonds is 7. The molecule has 1 atom stereocenters. The number of benzene rings is 2. The SMILES string of the molecule is O=C(NC[C@H](c1ccco1)N1CCN(c2ccccc2)CC1)OCc1ccccc1. The first-order valence-corrected chi connectivity index (χ1v) is 10.3. The molecule has 30 heavy (non-hydrogen) atoms. The van der Waals surface area contributed by atoms with Gasteiger partial charge in [-0.25, -0.2) is 4.79 Å². The van der Waals surface area contributed by atoms with Crippen LogP contribution in [0.2, 0.25) is 0 Å². The standard InChI is InChI=1S/C24H27N3O3/c28-24(30-19-20-8-3-1-4-9-20)25-18-22(23-12-7-17-29-23)27-15-13-26(14-16-27)21-10-5-2-6-11-21/h1-12,17,22H,13-16,18-19H2,(H,25,28)/t22-/m1/s1. The normalized spacial score (nSPS) is 15.5. The lowest BCUT2D eigenvalue weighted by molar-refractivity contribution is 0.126. The molecule has 6 heteroatoms. The van der Waals surface area contributed by atoms with Gasteiger partial charge >= 0.3 is 6.09 Å². The highest BCUT2D eigenvalue weighted by Gasteiger charge is 2.27. The van der Waals surface area contributed by atoms with Gasteiger partial charge < -0.3 is 19.4 Å². The molecular weight excluding hydrogens is 378 g/mol. The van der Waals surface area contributed by atoms with Crippen LogP contribution >= 0.6 is 0 Å². The van der Waals surface area contributed by atoms with Crippen LogP contribution in [0.1, 0.15) is 17.4 Å². The Hall–Kier alpha value is -3.25. The summed E-state index contributed by atoms with van der Waals surface area (Å²) in [6.07, 6.45) is 1.26. The topological polar surface area (TPSA) is 58.0 Å². The second-order valence-electron chi connectivity index (χ2n) is 7.33. The van der Waals surface area contributed by atoms with Gasteiger partial charge in [-0.15, -0.1) is 0 Å². The summed E-state index contributed by atoms with van der Waals surface area (Å²) in [6.45, 7) is 4.33. The molecule has 0 unspecified atom stereocenters. The Morgan fingerprint density at radius 2 is 1.63 bits per heavy atom. The summed E-state index contributed by atoms with van der Waals surface area (Å²) in [7, 11) is 0. The molecule has 2 aromatic carbocycles. The summed E-state index contributed by atoms with van der Waals surface area (Å²) in [5.74, 6) is 0.853. The second-order valence-corrected chi connectivity index (χ2v) is 7.33. The van der Waals surface area contributed by atoms with Gasteiger partial charge in [-0.1, -0.05) is 48.5 Å². The smallest absolute Gasteiger partial charge is 0.407 e. The van der Waals surface area contributed by atoms with Crippen molar-refractivity contribution in [3.8, 4) is 0 Å². The zero-order valence-electron chi connectivity index (χ0n) is 16.9. The number of furan rings is 1. The number of ether oxygens (including phenoxy) is 1. The lowest BCUT2D eigenvalue weighted by Crippen LogP contribution is -2.49. The lowest BCUT2D eigenvalue weighted by Gasteiger charge is -2.39. The van der Waals surface area contributed by atoms with Crippen LogP contribution < -0.4 is 10.2 Å². The minimum absolute atomic E-state index is 0.0257. The number of piperazine rings is 1. The van der Waals surface area contributed by atoms with Crippen LogP contribution in [-0.2, 0) is 11.3 Å². The van der Waals surface area contributed by atoms with Crippen LogP contribution in [0.3, 0.4) is 0 Å². The maximum Gasteiger partial charge on any atom is 0.407 e. The van der Waals surface area contributed by atoms with E-state index in [1.165, 1.54) is 5.69 Å². The summed E-state index contributed by atoms with van der Waals surface area (Å²) in [6, 6.07) is 24.0. The van der Waals surface area contributed by atoms with E-state index in [1.807, 2.05) is 48.5 Å². The van der Waals surface area contributed by atoms with E-state index in [9.17, 15) is 4.79 Å². The molecule has 1 aliphatic rings. The van der Waals surface area contributed by atoms with E-state index in [2.05, 4.69) is 39.4 Å². The van der Waals surface area contributed by atoms with E-state index in [0.717, 1.165) is 37.5 Å². The van der Waals surface area contributed by atoms with Crippen molar-refractivity contribution in [2.24, 2.45) is 0 Å². The molecule has 1 amide bonds. The molecule has 1 N–H and O–H groups in total. The molecule has 6 nitrogen and oxygen atoms in total. The highest BCUT2D eigenvalue weighted by molar-refractivity contribution is 5.67. The quantitative estimate of drug-likeness (QED) is 0.642. The Labute approximate surface area is 177 Å². The van der Waals surface area contributed by atoms with Crippen molar-refractivity contribution in [2.75, 3.05) is 37.6 Å². The fraction of sp³-hybridized carbons (Fsp3) is 0.292. The molecule has 0 spiro atoms. The van der Waals surface area contributed by atoms with Crippen LogP contribution in [0.5, 0.6) is 0 Å². The van der Waals surface area contributed by atoms with Gasteiger partial charge in [0, 0.05) is 38.4 Å². The molecule has 1 saturated heterocycles. The Bertz CT molecular complexity index is 892. The van der Waals surface area contributed by atoms with Crippen LogP contribution in [0.4, 0.5) is 10.5 Å². The Balaban J connectivity index is 1.32. The van der Waals surface area contributed by atoms with E-state index in [-0.39, 0.29) is 12.6 Å². The Morgan fingerprint density at radius 1 is 0.933 bits per heavy atom. The van der Waals surface area contributed by atoms with Gasteiger partial charge in [-0.3, -0.25) is 4.90 Å². The second kappa shape index (κ2) is 9.98. The van der Waals surface area contributed by atoms with Crippen molar-refractivity contribution < 1.29 is 13.9 Å². The first kappa shape index (κ1) is 20.0. The van der Waals surface area contributed by atoms with E-state index in [1.54, 1.807) is 6.26 Å². The third kappa shape index (κ3) is 5.21. The fourth-order valence-corrected chi connectivity index (χ4v) is 3.78. The molecule has 1 aromatic heterocycles. The number of anilines is 1. The first-order chi connectivity index (χ1) is 14.8. The van der Waals surface area contributed by atoms with Crippen LogP contribution in [0.15, 0.2) is 83.5 Å². The third-order valence-corrected chi connectivity index (χ3v) is 5.40. The molecule has 1 fully saturated rings. The fourth-order valence-electron chi connectivity index (χ4n) is 3.78. The molecule has 4 rings (SSSR count). The first-order valence-electron chi connectivity index (χ1n) is 10.3. The largest absolute Gasteiger partial charge is 0.468 e. The van der Waals surface area contributed by atoms with Crippen molar-refractivity contribution in [1.82, 2.24) is 10.2 Å². The highest BCUT2D eigenvalue weighted by atomic mass is 16.5. The minimum atomic E-state index is -0.418. The van der Waals surface area contributed by atoms with Gasteiger partial charge in [0.05, 0.1) is 12.3 Å². The summed E-state index contributed by atoms with van der Waals surface area (Å²) < 4.78 is 11.0. The summed E-state index contributed by atoms with van der Waals surface area (Å²) in [5, 5.41) is 2.91. The van der Waals surface area contributed by atoms with Gasteiger partial charge in [-0.05, 0) is 29.8 Å². The minimum Gasteiger partial charge on any atom is -0.468 e. The maximum atomic E-state index is 12.2. The summed E-state index contributed by atoms with van der Waals surface area (Å²) in [5.41, 5.74) is 2.21. The zero-order chi connectivity index (χ0) is 20.6. The Kier molecular flexibility index (Phi) is 6.67. The molecule has 3 aromatic rings. The van der Waals surface area contributed by atoms with Crippen molar-refractivity contribution in [3.05, 3.63) is 90.4 Å². The molecule has 1 aliphatic heterocycles. The van der Waals surface area contributed by atoms with Crippen molar-refractivity contribution >= 4 is 11.8 Å². The molecule has 2 heterocycles. The summed E-state index contributed by atoms with van der Waals surface area (Å²) in [4.78, 5) is 17.0. The highest BCUT2D eigenvalue weighted by Crippen LogP contribution is 2.24. The lowest BCUT2D eigenvalue weighted by atomic mass is 10.1. The van der Waals surface area contributed by atoms with Crippen molar-refractivity contribution in [2.45, 2.75) is 12.6 Å². The number of carbonyl (C=O) groups excluding carboxylic acids is 1. The average molecular weight is 405 g/mol. The molecule has 0 saturated carbocycles. The van der Waals surface area contributed by atoms with Crippen LogP contribution in [0.25, 0.3) is 0 Å². The molecule has 0 aliphatic carbocycles. The Morgan fingerprint density at radius 3 is 2.30 bits per heavy atom. The number of nitrogens with zero attached hydrogens (tertiary/aromatic N) is 2. The number of carbonyl (C=O) groups is 1. The molecule has 0 radical (unpaired) electrons. The number of hydrogen-bond acceptors (Lipinski definition) is 5. The van der Waals surface area contributed by atoms with E-state index < -0.39 is 6.09 Å². The van der Waals surface area contributed by atoms with Gasteiger partial charge in [0.2, 0.25) is 0 Å². The van der Waals surface area contributed by atoms with Gasteiger partial charge in [-0.2, -0.15) is 0 Å². The maximum absolute atomic E-state index is 12.2. The van der Waals surface area contributed by atoms with Crippen LogP contribution in [-0.4, -0.2) is 43.7 Å². The molecule has 0 bridgehead atoms. The zero-order valence-corrected chi connectivity index (χ0v) is 16.9. The van der Waals surface area contributed by atoms with Gasteiger partial charge in [0.15, 0.2) is 0 Å². The summed E-state index contributed by atoms with van der Waals surface area (Å²) >= 11 is 0. The number of alkyl carbamates (subject to hydrolysis) is 1. The number of amides is 1. The van der Waals surface area contributed by atoms with Crippen molar-refractivity contribution in [1.29, 1.82) is 0 Å². The van der Waals surface area contributed by atoms with Crippen LogP contribution in [0, 0.1) is 0 Å². The van der Waals surface area contributed by atoms with E-state index in [4.69, 9.17) is 9.15 Å².